The number of carboxylic acid groups (broad SMARTS) is 1. The average molecular weight is 310 g/mol. The number of hydrogen-bond acceptors (Lipinski definition) is 2. The normalized spacial score (nSPS) is 18.0. The summed E-state index contributed by atoms with van der Waals surface area (Å²) >= 11 is 6.07. The van der Waals surface area contributed by atoms with Gasteiger partial charge in [-0.3, -0.25) is 9.59 Å². The minimum atomic E-state index is -0.788. The second-order valence-corrected chi connectivity index (χ2v) is 6.08. The van der Waals surface area contributed by atoms with Crippen LogP contribution in [0.2, 0.25) is 5.02 Å². The molecule has 0 saturated carbocycles. The lowest BCUT2D eigenvalue weighted by Gasteiger charge is -2.16. The van der Waals surface area contributed by atoms with Gasteiger partial charge in [-0.2, -0.15) is 0 Å². The van der Waals surface area contributed by atoms with Crippen LogP contribution in [0.5, 0.6) is 0 Å². The number of benzene rings is 1. The van der Waals surface area contributed by atoms with Gasteiger partial charge in [0.2, 0.25) is 5.91 Å². The number of hydrogen-bond donors (Lipinski definition) is 1. The van der Waals surface area contributed by atoms with Crippen LogP contribution in [0.15, 0.2) is 18.2 Å². The molecule has 2 rings (SSSR count). The summed E-state index contributed by atoms with van der Waals surface area (Å²) in [6.07, 6.45) is 2.05. The van der Waals surface area contributed by atoms with Crippen molar-refractivity contribution >= 4 is 23.5 Å². The zero-order valence-electron chi connectivity index (χ0n) is 12.1. The number of aliphatic carboxylic acids is 1. The van der Waals surface area contributed by atoms with Crippen LogP contribution in [0.1, 0.15) is 30.4 Å². The third-order valence-corrected chi connectivity index (χ3v) is 4.37. The van der Waals surface area contributed by atoms with Gasteiger partial charge >= 0.3 is 5.97 Å². The van der Waals surface area contributed by atoms with E-state index in [1.54, 1.807) is 4.90 Å². The van der Waals surface area contributed by atoms with Gasteiger partial charge in [0.1, 0.15) is 0 Å². The monoisotopic (exact) mass is 309 g/mol. The van der Waals surface area contributed by atoms with Crippen molar-refractivity contribution in [3.8, 4) is 0 Å². The van der Waals surface area contributed by atoms with Crippen LogP contribution in [-0.4, -0.2) is 35.0 Å². The van der Waals surface area contributed by atoms with Gasteiger partial charge < -0.3 is 10.0 Å². The Bertz CT molecular complexity index is 544. The molecule has 0 aliphatic carbocycles. The Hall–Kier alpha value is -1.55. The molecule has 1 heterocycles. The molecule has 114 valence electrons. The molecule has 0 bridgehead atoms. The Labute approximate surface area is 129 Å². The first kappa shape index (κ1) is 15.8. The zero-order valence-corrected chi connectivity index (χ0v) is 12.9. The van der Waals surface area contributed by atoms with Crippen molar-refractivity contribution in [2.24, 2.45) is 5.92 Å². The van der Waals surface area contributed by atoms with Crippen LogP contribution in [0, 0.1) is 12.8 Å². The van der Waals surface area contributed by atoms with Crippen molar-refractivity contribution in [2.45, 2.75) is 32.6 Å². The number of halogens is 1. The summed E-state index contributed by atoms with van der Waals surface area (Å²) in [6.45, 7) is 3.19. The molecule has 1 saturated heterocycles. The van der Waals surface area contributed by atoms with Gasteiger partial charge in [-0.1, -0.05) is 23.7 Å². The Morgan fingerprint density at radius 3 is 2.86 bits per heavy atom. The highest BCUT2D eigenvalue weighted by Gasteiger charge is 2.27. The predicted octanol–water partition coefficient (Wildman–Crippen LogP) is 2.90. The van der Waals surface area contributed by atoms with Crippen LogP contribution in [-0.2, 0) is 16.0 Å². The summed E-state index contributed by atoms with van der Waals surface area (Å²) in [4.78, 5) is 24.6. The molecule has 1 fully saturated rings. The highest BCUT2D eigenvalue weighted by molar-refractivity contribution is 6.31. The van der Waals surface area contributed by atoms with Gasteiger partial charge in [0.05, 0.1) is 0 Å². The van der Waals surface area contributed by atoms with Gasteiger partial charge in [0, 0.05) is 31.0 Å². The van der Waals surface area contributed by atoms with E-state index in [2.05, 4.69) is 0 Å². The fraction of sp³-hybridized carbons (Fsp3) is 0.500. The first-order valence-electron chi connectivity index (χ1n) is 7.20. The molecule has 1 unspecified atom stereocenters. The zero-order chi connectivity index (χ0) is 15.4. The Kier molecular flexibility index (Phi) is 5.23. The summed E-state index contributed by atoms with van der Waals surface area (Å²) in [5.74, 6) is -0.594. The summed E-state index contributed by atoms with van der Waals surface area (Å²) < 4.78 is 0. The third kappa shape index (κ3) is 4.46. The van der Waals surface area contributed by atoms with E-state index in [0.29, 0.717) is 25.9 Å². The standard InChI is InChI=1S/C16H20ClNO3/c1-11-2-3-12(8-14(11)17)4-5-15(19)18-7-6-13(10-18)9-16(20)21/h2-3,8,13H,4-7,9-10H2,1H3,(H,20,21). The van der Waals surface area contributed by atoms with Gasteiger partial charge in [-0.15, -0.1) is 0 Å². The number of carbonyl (C=O) groups is 2. The molecule has 1 aliphatic heterocycles. The lowest BCUT2D eigenvalue weighted by Crippen LogP contribution is -2.29. The molecule has 1 N–H and O–H groups in total. The topological polar surface area (TPSA) is 57.6 Å². The average Bonchev–Trinajstić information content (AvgIpc) is 2.87. The highest BCUT2D eigenvalue weighted by atomic mass is 35.5. The van der Waals surface area contributed by atoms with Gasteiger partial charge in [-0.25, -0.2) is 0 Å². The van der Waals surface area contributed by atoms with E-state index in [4.69, 9.17) is 16.7 Å². The molecule has 1 aromatic carbocycles. The van der Waals surface area contributed by atoms with E-state index < -0.39 is 5.97 Å². The number of carbonyl (C=O) groups excluding carboxylic acids is 1. The van der Waals surface area contributed by atoms with E-state index in [1.165, 1.54) is 0 Å². The lowest BCUT2D eigenvalue weighted by atomic mass is 10.1. The first-order valence-corrected chi connectivity index (χ1v) is 7.58. The van der Waals surface area contributed by atoms with Crippen molar-refractivity contribution in [2.75, 3.05) is 13.1 Å². The van der Waals surface area contributed by atoms with E-state index >= 15 is 0 Å². The third-order valence-electron chi connectivity index (χ3n) is 3.97. The Morgan fingerprint density at radius 1 is 1.43 bits per heavy atom. The molecule has 1 aliphatic rings. The largest absolute Gasteiger partial charge is 0.481 e. The smallest absolute Gasteiger partial charge is 0.303 e. The lowest BCUT2D eigenvalue weighted by molar-refractivity contribution is -0.138. The predicted molar refractivity (Wildman–Crippen MR) is 81.4 cm³/mol. The van der Waals surface area contributed by atoms with Crippen LogP contribution < -0.4 is 0 Å². The SMILES string of the molecule is Cc1ccc(CCC(=O)N2CCC(CC(=O)O)C2)cc1Cl. The van der Waals surface area contributed by atoms with E-state index in [1.807, 2.05) is 25.1 Å². The maximum absolute atomic E-state index is 12.1. The Balaban J connectivity index is 1.82. The van der Waals surface area contributed by atoms with Crippen molar-refractivity contribution in [3.63, 3.8) is 0 Å². The molecule has 0 aromatic heterocycles. The number of rotatable bonds is 5. The van der Waals surface area contributed by atoms with Gasteiger partial charge in [0.25, 0.3) is 0 Å². The molecular weight excluding hydrogens is 290 g/mol. The van der Waals surface area contributed by atoms with Crippen LogP contribution in [0.4, 0.5) is 0 Å². The van der Waals surface area contributed by atoms with Crippen LogP contribution in [0.3, 0.4) is 0 Å². The number of aryl methyl sites for hydroxylation is 2. The summed E-state index contributed by atoms with van der Waals surface area (Å²) in [7, 11) is 0. The second-order valence-electron chi connectivity index (χ2n) is 5.68. The minimum Gasteiger partial charge on any atom is -0.481 e. The summed E-state index contributed by atoms with van der Waals surface area (Å²) in [5.41, 5.74) is 2.09. The fourth-order valence-electron chi connectivity index (χ4n) is 2.67. The second kappa shape index (κ2) is 6.94. The maximum atomic E-state index is 12.1. The van der Waals surface area contributed by atoms with Crippen molar-refractivity contribution < 1.29 is 14.7 Å². The van der Waals surface area contributed by atoms with E-state index in [0.717, 1.165) is 22.6 Å². The summed E-state index contributed by atoms with van der Waals surface area (Å²) in [5, 5.41) is 9.51. The highest BCUT2D eigenvalue weighted by Crippen LogP contribution is 2.21. The van der Waals surface area contributed by atoms with Gasteiger partial charge in [0.15, 0.2) is 0 Å². The number of carboxylic acids is 1. The van der Waals surface area contributed by atoms with E-state index in [-0.39, 0.29) is 18.2 Å². The molecule has 0 spiro atoms. The van der Waals surface area contributed by atoms with E-state index in [9.17, 15) is 9.59 Å². The van der Waals surface area contributed by atoms with Crippen LogP contribution in [0.25, 0.3) is 0 Å². The Morgan fingerprint density at radius 2 is 2.19 bits per heavy atom. The first-order chi connectivity index (χ1) is 9.95. The quantitative estimate of drug-likeness (QED) is 0.910. The molecule has 4 nitrogen and oxygen atoms in total. The molecule has 1 amide bonds. The molecule has 5 heteroatoms. The number of nitrogens with zero attached hydrogens (tertiary/aromatic N) is 1. The maximum Gasteiger partial charge on any atom is 0.303 e. The molecule has 1 atom stereocenters. The van der Waals surface area contributed by atoms with Crippen molar-refractivity contribution in [1.29, 1.82) is 0 Å². The van der Waals surface area contributed by atoms with Crippen LogP contribution >= 0.6 is 11.6 Å². The minimum absolute atomic E-state index is 0.0968. The van der Waals surface area contributed by atoms with Crippen molar-refractivity contribution in [1.82, 2.24) is 4.90 Å². The molecular formula is C16H20ClNO3. The fourth-order valence-corrected chi connectivity index (χ4v) is 2.88. The summed E-state index contributed by atoms with van der Waals surface area (Å²) in [6, 6.07) is 5.86. The molecule has 0 radical (unpaired) electrons. The number of amides is 1. The van der Waals surface area contributed by atoms with Crippen molar-refractivity contribution in [3.05, 3.63) is 34.3 Å². The number of likely N-dealkylation sites (tertiary alicyclic amines) is 1. The van der Waals surface area contributed by atoms with Gasteiger partial charge in [-0.05, 0) is 42.9 Å². The molecule has 21 heavy (non-hydrogen) atoms. The molecule has 1 aromatic rings.